The van der Waals surface area contributed by atoms with Gasteiger partial charge in [0.2, 0.25) is 5.91 Å². The normalized spacial score (nSPS) is 12.3. The lowest BCUT2D eigenvalue weighted by molar-refractivity contribution is -0.142. The number of hydrogen-bond donors (Lipinski definition) is 3. The summed E-state index contributed by atoms with van der Waals surface area (Å²) in [6, 6.07) is 0. The molecule has 26 heavy (non-hydrogen) atoms. The summed E-state index contributed by atoms with van der Waals surface area (Å²) in [6.45, 7) is 5.62. The van der Waals surface area contributed by atoms with Crippen LogP contribution in [0.15, 0.2) is 4.79 Å². The molecule has 142 valence electrons. The van der Waals surface area contributed by atoms with Crippen LogP contribution in [-0.4, -0.2) is 52.0 Å². The molecule has 0 aliphatic rings. The molecule has 0 radical (unpaired) electrons. The highest BCUT2D eigenvalue weighted by Gasteiger charge is 2.16. The molecule has 1 unspecified atom stereocenters. The van der Waals surface area contributed by atoms with E-state index in [1.54, 1.807) is 6.92 Å². The van der Waals surface area contributed by atoms with E-state index in [2.05, 4.69) is 15.3 Å². The molecule has 2 aromatic heterocycles. The van der Waals surface area contributed by atoms with Gasteiger partial charge in [-0.1, -0.05) is 0 Å². The number of carboxylic acids is 1. The third-order valence-corrected chi connectivity index (χ3v) is 5.95. The number of carboxylic acid groups (broad SMARTS) is 1. The maximum absolute atomic E-state index is 12.2. The number of aromatic amines is 1. The van der Waals surface area contributed by atoms with Gasteiger partial charge in [0.1, 0.15) is 17.3 Å². The number of thiophene rings is 1. The van der Waals surface area contributed by atoms with Crippen LogP contribution < -0.4 is 10.9 Å². The zero-order chi connectivity index (χ0) is 19.3. The zero-order valence-corrected chi connectivity index (χ0v) is 16.4. The van der Waals surface area contributed by atoms with Crippen LogP contribution in [-0.2, 0) is 20.1 Å². The van der Waals surface area contributed by atoms with Gasteiger partial charge in [0, 0.05) is 11.4 Å². The number of carbonyl (C=O) groups is 2. The van der Waals surface area contributed by atoms with Crippen molar-refractivity contribution < 1.29 is 19.4 Å². The molecule has 0 fully saturated rings. The lowest BCUT2D eigenvalue weighted by Gasteiger charge is -2.11. The first-order valence-electron chi connectivity index (χ1n) is 7.97. The molecule has 0 saturated carbocycles. The molecule has 0 bridgehead atoms. The van der Waals surface area contributed by atoms with Crippen LogP contribution in [0.2, 0.25) is 0 Å². The number of nitrogens with zero attached hydrogens (tertiary/aromatic N) is 1. The number of nitrogens with one attached hydrogen (secondary N) is 2. The molecule has 2 aromatic rings. The fourth-order valence-electron chi connectivity index (χ4n) is 2.20. The maximum Gasteiger partial charge on any atom is 0.329 e. The average molecular weight is 399 g/mol. The molecular weight excluding hydrogens is 378 g/mol. The molecule has 2 rings (SSSR count). The highest BCUT2D eigenvalue weighted by Crippen LogP contribution is 2.26. The Morgan fingerprint density at radius 3 is 2.85 bits per heavy atom. The van der Waals surface area contributed by atoms with E-state index in [0.717, 1.165) is 10.4 Å². The van der Waals surface area contributed by atoms with Gasteiger partial charge < -0.3 is 20.1 Å². The van der Waals surface area contributed by atoms with Crippen LogP contribution >= 0.6 is 23.1 Å². The van der Waals surface area contributed by atoms with Crippen LogP contribution in [0, 0.1) is 13.8 Å². The van der Waals surface area contributed by atoms with Crippen LogP contribution in [0.1, 0.15) is 23.2 Å². The topological polar surface area (TPSA) is 121 Å². The Balaban J connectivity index is 1.86. The van der Waals surface area contributed by atoms with Gasteiger partial charge in [-0.05, 0) is 26.3 Å². The van der Waals surface area contributed by atoms with Gasteiger partial charge in [-0.15, -0.1) is 23.1 Å². The Labute approximate surface area is 158 Å². The largest absolute Gasteiger partial charge is 0.480 e. The number of rotatable bonds is 9. The van der Waals surface area contributed by atoms with Crippen molar-refractivity contribution >= 4 is 45.2 Å². The number of aliphatic carboxylic acids is 1. The molecule has 0 spiro atoms. The predicted octanol–water partition coefficient (Wildman–Crippen LogP) is 1.44. The summed E-state index contributed by atoms with van der Waals surface area (Å²) >= 11 is 2.85. The fourth-order valence-corrected chi connectivity index (χ4v) is 4.02. The average Bonchev–Trinajstić information content (AvgIpc) is 2.86. The highest BCUT2D eigenvalue weighted by molar-refractivity contribution is 7.99. The van der Waals surface area contributed by atoms with E-state index in [9.17, 15) is 14.4 Å². The smallest absolute Gasteiger partial charge is 0.329 e. The molecule has 0 aliphatic heterocycles. The van der Waals surface area contributed by atoms with Gasteiger partial charge >= 0.3 is 5.97 Å². The third-order valence-electron chi connectivity index (χ3n) is 3.70. The van der Waals surface area contributed by atoms with Crippen LogP contribution in [0.4, 0.5) is 0 Å². The third kappa shape index (κ3) is 5.29. The molecule has 0 saturated heterocycles. The minimum atomic E-state index is -1.05. The van der Waals surface area contributed by atoms with E-state index in [0.29, 0.717) is 21.8 Å². The van der Waals surface area contributed by atoms with Crippen molar-refractivity contribution in [3.63, 3.8) is 0 Å². The second-order valence-electron chi connectivity index (χ2n) is 5.67. The number of carbonyl (C=O) groups excluding carboxylic acids is 1. The monoisotopic (exact) mass is 399 g/mol. The predicted molar refractivity (Wildman–Crippen MR) is 102 cm³/mol. The lowest BCUT2D eigenvalue weighted by Crippen LogP contribution is -2.33. The minimum Gasteiger partial charge on any atom is -0.480 e. The Bertz CT molecular complexity index is 861. The lowest BCUT2D eigenvalue weighted by atomic mass is 10.2. The van der Waals surface area contributed by atoms with Crippen molar-refractivity contribution in [2.24, 2.45) is 0 Å². The Kier molecular flexibility index (Phi) is 7.18. The summed E-state index contributed by atoms with van der Waals surface area (Å²) in [5, 5.41) is 11.4. The first kappa shape index (κ1) is 20.4. The fraction of sp³-hybridized carbons (Fsp3) is 0.500. The summed E-state index contributed by atoms with van der Waals surface area (Å²) in [7, 11) is 0. The minimum absolute atomic E-state index is 0.137. The number of aryl methyl sites for hydroxylation is 2. The van der Waals surface area contributed by atoms with Crippen molar-refractivity contribution in [3.05, 3.63) is 26.6 Å². The molecule has 0 aliphatic carbocycles. The van der Waals surface area contributed by atoms with Crippen LogP contribution in [0.3, 0.4) is 0 Å². The van der Waals surface area contributed by atoms with Gasteiger partial charge in [0.15, 0.2) is 0 Å². The first-order valence-corrected chi connectivity index (χ1v) is 9.84. The number of H-pyrrole nitrogens is 1. The molecule has 10 heteroatoms. The summed E-state index contributed by atoms with van der Waals surface area (Å²) in [4.78, 5) is 43.6. The van der Waals surface area contributed by atoms with Crippen LogP contribution in [0.25, 0.3) is 10.2 Å². The molecule has 8 nitrogen and oxygen atoms in total. The summed E-state index contributed by atoms with van der Waals surface area (Å²) in [6.07, 6.45) is 0. The SMILES string of the molecule is Cc1sc2nc(CSC(C)C(=O)NCCOCC(=O)O)[nH]c(=O)c2c1C. The van der Waals surface area contributed by atoms with Crippen molar-refractivity contribution in [2.75, 3.05) is 19.8 Å². The number of fused-ring (bicyclic) bond motifs is 1. The number of aromatic nitrogens is 2. The number of hydrogen-bond acceptors (Lipinski definition) is 7. The standard InChI is InChI=1S/C16H21N3O5S2/c1-8-9(2)26-16-13(8)15(23)18-11(19-16)7-25-10(3)14(22)17-4-5-24-6-12(20)21/h10H,4-7H2,1-3H3,(H,17,22)(H,20,21)(H,18,19,23). The van der Waals surface area contributed by atoms with E-state index in [1.807, 2.05) is 13.8 Å². The summed E-state index contributed by atoms with van der Waals surface area (Å²) < 4.78 is 4.85. The van der Waals surface area contributed by atoms with Crippen molar-refractivity contribution in [1.29, 1.82) is 0 Å². The van der Waals surface area contributed by atoms with Crippen molar-refractivity contribution in [1.82, 2.24) is 15.3 Å². The van der Waals surface area contributed by atoms with Gasteiger partial charge in [-0.2, -0.15) is 0 Å². The molecule has 0 aromatic carbocycles. The van der Waals surface area contributed by atoms with Crippen molar-refractivity contribution in [3.8, 4) is 0 Å². The Morgan fingerprint density at radius 2 is 2.15 bits per heavy atom. The number of thioether (sulfide) groups is 1. The van der Waals surface area contributed by atoms with E-state index >= 15 is 0 Å². The van der Waals surface area contributed by atoms with E-state index < -0.39 is 5.97 Å². The van der Waals surface area contributed by atoms with E-state index in [1.165, 1.54) is 23.1 Å². The number of amides is 1. The molecule has 2 heterocycles. The number of ether oxygens (including phenoxy) is 1. The van der Waals surface area contributed by atoms with Crippen LogP contribution in [0.5, 0.6) is 0 Å². The van der Waals surface area contributed by atoms with Crippen molar-refractivity contribution in [2.45, 2.75) is 31.8 Å². The van der Waals surface area contributed by atoms with E-state index in [4.69, 9.17) is 9.84 Å². The summed E-state index contributed by atoms with van der Waals surface area (Å²) in [5.41, 5.74) is 0.802. The zero-order valence-electron chi connectivity index (χ0n) is 14.7. The van der Waals surface area contributed by atoms with Gasteiger partial charge in [0.05, 0.1) is 23.0 Å². The van der Waals surface area contributed by atoms with E-state index in [-0.39, 0.29) is 36.5 Å². The maximum atomic E-state index is 12.2. The molecule has 1 amide bonds. The Morgan fingerprint density at radius 1 is 1.42 bits per heavy atom. The quantitative estimate of drug-likeness (QED) is 0.546. The van der Waals surface area contributed by atoms with Gasteiger partial charge in [-0.3, -0.25) is 9.59 Å². The van der Waals surface area contributed by atoms with Gasteiger partial charge in [-0.25, -0.2) is 9.78 Å². The highest BCUT2D eigenvalue weighted by atomic mass is 32.2. The summed E-state index contributed by atoms with van der Waals surface area (Å²) in [5.74, 6) is -0.279. The van der Waals surface area contributed by atoms with Gasteiger partial charge in [0.25, 0.3) is 5.56 Å². The second kappa shape index (κ2) is 9.15. The molecule has 1 atom stereocenters. The second-order valence-corrected chi connectivity index (χ2v) is 8.20. The molecule has 3 N–H and O–H groups in total. The molecular formula is C16H21N3O5S2. The Hall–Kier alpha value is -1.91. The first-order chi connectivity index (χ1) is 12.3.